The van der Waals surface area contributed by atoms with Crippen molar-refractivity contribution in [3.05, 3.63) is 58.8 Å². The Balaban J connectivity index is 2.03. The highest BCUT2D eigenvalue weighted by Crippen LogP contribution is 2.23. The minimum atomic E-state index is -1.20. The molecular weight excluding hydrogens is 269 g/mol. The fraction of sp³-hybridized carbons (Fsp3) is 0.0769. The third-order valence-electron chi connectivity index (χ3n) is 2.30. The van der Waals surface area contributed by atoms with Crippen molar-refractivity contribution in [1.29, 1.82) is 0 Å². The number of hydrogen-bond acceptors (Lipinski definition) is 5. The Bertz CT molecular complexity index is 580. The van der Waals surface area contributed by atoms with Gasteiger partial charge in [0, 0.05) is 11.6 Å². The smallest absolute Gasteiger partial charge is 0.341 e. The van der Waals surface area contributed by atoms with Crippen LogP contribution < -0.4 is 4.74 Å². The number of nitrogens with zero attached hydrogens (tertiary/aromatic N) is 1. The average molecular weight is 279 g/mol. The van der Waals surface area contributed by atoms with Gasteiger partial charge in [0.25, 0.3) is 0 Å². The molecule has 0 aliphatic rings. The van der Waals surface area contributed by atoms with Crippen LogP contribution in [0.2, 0.25) is 0 Å². The summed E-state index contributed by atoms with van der Waals surface area (Å²) >= 11 is 1.21. The number of aromatic nitrogens is 1. The van der Waals surface area contributed by atoms with Crippen molar-refractivity contribution in [2.45, 2.75) is 6.10 Å². The van der Waals surface area contributed by atoms with E-state index in [9.17, 15) is 14.3 Å². The van der Waals surface area contributed by atoms with Crippen LogP contribution in [0.4, 0.5) is 4.39 Å². The van der Waals surface area contributed by atoms with E-state index in [-0.39, 0.29) is 11.3 Å². The highest BCUT2D eigenvalue weighted by Gasteiger charge is 2.22. The summed E-state index contributed by atoms with van der Waals surface area (Å²) in [5, 5.41) is 11.9. The lowest BCUT2D eigenvalue weighted by atomic mass is 10.2. The van der Waals surface area contributed by atoms with Gasteiger partial charge in [-0.05, 0) is 24.3 Å². The molecule has 0 fully saturated rings. The normalized spacial score (nSPS) is 11.9. The van der Waals surface area contributed by atoms with Gasteiger partial charge < -0.3 is 9.84 Å². The number of esters is 1. The molecule has 1 atom stereocenters. The molecule has 4 nitrogen and oxygen atoms in total. The van der Waals surface area contributed by atoms with Crippen LogP contribution in [0.15, 0.2) is 48.0 Å². The summed E-state index contributed by atoms with van der Waals surface area (Å²) < 4.78 is 17.7. The zero-order valence-corrected chi connectivity index (χ0v) is 10.6. The Morgan fingerprint density at radius 1 is 1.42 bits per heavy atom. The second-order valence-corrected chi connectivity index (χ2v) is 4.57. The molecule has 0 amide bonds. The molecule has 0 radical (unpaired) electrons. The molecular formula is C13H10FNO3S. The van der Waals surface area contributed by atoms with Crippen LogP contribution in [0.5, 0.6) is 5.75 Å². The maximum Gasteiger partial charge on any atom is 0.341 e. The largest absolute Gasteiger partial charge is 0.423 e. The number of hydrogen-bond donors (Lipinski definition) is 1. The summed E-state index contributed by atoms with van der Waals surface area (Å²) in [6.45, 7) is 3.49. The second kappa shape index (κ2) is 5.73. The molecule has 0 spiro atoms. The number of benzene rings is 1. The van der Waals surface area contributed by atoms with Gasteiger partial charge in [-0.1, -0.05) is 6.58 Å². The summed E-state index contributed by atoms with van der Waals surface area (Å²) in [7, 11) is 0. The summed E-state index contributed by atoms with van der Waals surface area (Å²) in [6, 6.07) is 4.97. The van der Waals surface area contributed by atoms with E-state index >= 15 is 0 Å². The third-order valence-corrected chi connectivity index (χ3v) is 3.13. The Morgan fingerprint density at radius 2 is 2.11 bits per heavy atom. The van der Waals surface area contributed by atoms with E-state index in [1.807, 2.05) is 0 Å². The Labute approximate surface area is 112 Å². The number of halogens is 1. The van der Waals surface area contributed by atoms with Gasteiger partial charge in [0.15, 0.2) is 0 Å². The summed E-state index contributed by atoms with van der Waals surface area (Å²) in [5.74, 6) is -1.03. The van der Waals surface area contributed by atoms with Crippen molar-refractivity contribution >= 4 is 17.3 Å². The van der Waals surface area contributed by atoms with Crippen molar-refractivity contribution in [2.24, 2.45) is 0 Å². The Hall–Kier alpha value is -2.05. The molecule has 0 aliphatic carbocycles. The predicted molar refractivity (Wildman–Crippen MR) is 68.2 cm³/mol. The topological polar surface area (TPSA) is 59.4 Å². The van der Waals surface area contributed by atoms with E-state index in [2.05, 4.69) is 11.6 Å². The minimum absolute atomic E-state index is 0.126. The maximum absolute atomic E-state index is 12.7. The molecule has 2 rings (SSSR count). The fourth-order valence-corrected chi connectivity index (χ4v) is 1.96. The quantitative estimate of drug-likeness (QED) is 0.530. The van der Waals surface area contributed by atoms with E-state index in [4.69, 9.17) is 4.74 Å². The van der Waals surface area contributed by atoms with Crippen molar-refractivity contribution in [1.82, 2.24) is 4.98 Å². The second-order valence-electron chi connectivity index (χ2n) is 3.64. The lowest BCUT2D eigenvalue weighted by Crippen LogP contribution is -2.16. The van der Waals surface area contributed by atoms with Gasteiger partial charge in [-0.15, -0.1) is 11.3 Å². The van der Waals surface area contributed by atoms with Crippen LogP contribution in [0.1, 0.15) is 11.1 Å². The number of thiazole rings is 1. The van der Waals surface area contributed by atoms with Gasteiger partial charge in [0.1, 0.15) is 22.7 Å². The number of rotatable bonds is 4. The number of aliphatic hydroxyl groups is 1. The molecule has 1 aromatic heterocycles. The standard InChI is InChI=1S/C13H10FNO3S/c1-8(11(16)12-15-6-7-19-12)13(17)18-10-4-2-9(14)3-5-10/h2-7,11,16H,1H2. The first-order valence-electron chi connectivity index (χ1n) is 5.32. The van der Waals surface area contributed by atoms with Crippen LogP contribution in [0.25, 0.3) is 0 Å². The van der Waals surface area contributed by atoms with Gasteiger partial charge >= 0.3 is 5.97 Å². The van der Waals surface area contributed by atoms with E-state index in [1.165, 1.54) is 41.8 Å². The maximum atomic E-state index is 12.7. The number of carbonyl (C=O) groups is 1. The Morgan fingerprint density at radius 3 is 2.68 bits per heavy atom. The average Bonchev–Trinajstić information content (AvgIpc) is 2.93. The van der Waals surface area contributed by atoms with Crippen molar-refractivity contribution in [3.63, 3.8) is 0 Å². The van der Waals surface area contributed by atoms with Crippen molar-refractivity contribution in [2.75, 3.05) is 0 Å². The fourth-order valence-electron chi connectivity index (χ4n) is 1.31. The van der Waals surface area contributed by atoms with Crippen molar-refractivity contribution in [3.8, 4) is 5.75 Å². The molecule has 6 heteroatoms. The zero-order valence-electron chi connectivity index (χ0n) is 9.75. The van der Waals surface area contributed by atoms with Crippen molar-refractivity contribution < 1.29 is 19.0 Å². The molecule has 1 heterocycles. The predicted octanol–water partition coefficient (Wildman–Crippen LogP) is 2.48. The highest BCUT2D eigenvalue weighted by molar-refractivity contribution is 7.09. The Kier molecular flexibility index (Phi) is 4.03. The van der Waals surface area contributed by atoms with Crippen LogP contribution in [-0.4, -0.2) is 16.1 Å². The van der Waals surface area contributed by atoms with Crippen LogP contribution >= 0.6 is 11.3 Å². The van der Waals surface area contributed by atoms with Gasteiger partial charge in [0.2, 0.25) is 0 Å². The number of ether oxygens (including phenoxy) is 1. The molecule has 0 aliphatic heterocycles. The lowest BCUT2D eigenvalue weighted by Gasteiger charge is -2.10. The van der Waals surface area contributed by atoms with E-state index < -0.39 is 17.9 Å². The number of carbonyl (C=O) groups excluding carboxylic acids is 1. The monoisotopic (exact) mass is 279 g/mol. The molecule has 0 saturated carbocycles. The van der Waals surface area contributed by atoms with Gasteiger partial charge in [-0.25, -0.2) is 14.2 Å². The number of aliphatic hydroxyl groups excluding tert-OH is 1. The summed E-state index contributed by atoms with van der Waals surface area (Å²) in [4.78, 5) is 15.6. The van der Waals surface area contributed by atoms with E-state index in [0.29, 0.717) is 5.01 Å². The molecule has 19 heavy (non-hydrogen) atoms. The molecule has 1 N–H and O–H groups in total. The van der Waals surface area contributed by atoms with Crippen LogP contribution in [0.3, 0.4) is 0 Å². The lowest BCUT2D eigenvalue weighted by molar-refractivity contribution is -0.131. The summed E-state index contributed by atoms with van der Waals surface area (Å²) in [6.07, 6.45) is 0.315. The molecule has 1 aromatic carbocycles. The van der Waals surface area contributed by atoms with E-state index in [1.54, 1.807) is 5.38 Å². The van der Waals surface area contributed by atoms with E-state index in [0.717, 1.165) is 0 Å². The van der Waals surface area contributed by atoms with Crippen LogP contribution in [-0.2, 0) is 4.79 Å². The van der Waals surface area contributed by atoms with Crippen LogP contribution in [0, 0.1) is 5.82 Å². The highest BCUT2D eigenvalue weighted by atomic mass is 32.1. The SMILES string of the molecule is C=C(C(=O)Oc1ccc(F)cc1)C(O)c1nccs1. The van der Waals surface area contributed by atoms with Gasteiger partial charge in [0.05, 0.1) is 5.57 Å². The van der Waals surface area contributed by atoms with Gasteiger partial charge in [-0.3, -0.25) is 0 Å². The minimum Gasteiger partial charge on any atom is -0.423 e. The first-order chi connectivity index (χ1) is 9.08. The molecule has 2 aromatic rings. The molecule has 98 valence electrons. The zero-order chi connectivity index (χ0) is 13.8. The first-order valence-corrected chi connectivity index (χ1v) is 6.20. The molecule has 0 bridgehead atoms. The first kappa shape index (κ1) is 13.4. The van der Waals surface area contributed by atoms with Gasteiger partial charge in [-0.2, -0.15) is 0 Å². The third kappa shape index (κ3) is 3.24. The molecule has 0 saturated heterocycles. The summed E-state index contributed by atoms with van der Waals surface area (Å²) in [5.41, 5.74) is -0.126. The molecule has 1 unspecified atom stereocenters.